The van der Waals surface area contributed by atoms with Crippen LogP contribution in [0.2, 0.25) is 0 Å². The Labute approximate surface area is 108 Å². The average molecular weight is 257 g/mol. The Balaban J connectivity index is 1.53. The number of nitrogens with one attached hydrogen (secondary N) is 1. The lowest BCUT2D eigenvalue weighted by Crippen LogP contribution is -2.28. The van der Waals surface area contributed by atoms with Crippen molar-refractivity contribution in [2.24, 2.45) is 17.8 Å². The van der Waals surface area contributed by atoms with E-state index in [0.29, 0.717) is 23.7 Å². The van der Waals surface area contributed by atoms with E-state index in [-0.39, 0.29) is 6.61 Å². The molecule has 3 nitrogen and oxygen atoms in total. The van der Waals surface area contributed by atoms with E-state index in [0.717, 1.165) is 24.5 Å². The molecule has 0 bridgehead atoms. The van der Waals surface area contributed by atoms with Crippen molar-refractivity contribution >= 4 is 17.7 Å². The summed E-state index contributed by atoms with van der Waals surface area (Å²) in [6.45, 7) is 1.05. The molecule has 2 N–H and O–H groups in total. The van der Waals surface area contributed by atoms with Crippen LogP contribution in [0.15, 0.2) is 0 Å². The molecule has 0 aromatic carbocycles. The highest BCUT2D eigenvalue weighted by atomic mass is 32.2. The van der Waals surface area contributed by atoms with Crippen LogP contribution in [0.5, 0.6) is 0 Å². The van der Waals surface area contributed by atoms with E-state index in [1.807, 2.05) is 0 Å². The third-order valence-electron chi connectivity index (χ3n) is 3.95. The van der Waals surface area contributed by atoms with Crippen molar-refractivity contribution < 1.29 is 9.90 Å². The SMILES string of the molecule is O=C(NCCSCCCO)C1C2CCCCC21. The average Bonchev–Trinajstić information content (AvgIpc) is 3.07. The second kappa shape index (κ2) is 6.64. The van der Waals surface area contributed by atoms with Crippen LogP contribution >= 0.6 is 11.8 Å². The number of carbonyl (C=O) groups is 1. The van der Waals surface area contributed by atoms with E-state index in [9.17, 15) is 4.79 Å². The molecule has 2 atom stereocenters. The van der Waals surface area contributed by atoms with Crippen molar-refractivity contribution in [2.45, 2.75) is 32.1 Å². The van der Waals surface area contributed by atoms with Gasteiger partial charge in [-0.3, -0.25) is 4.79 Å². The first kappa shape index (κ1) is 13.2. The van der Waals surface area contributed by atoms with Gasteiger partial charge < -0.3 is 10.4 Å². The van der Waals surface area contributed by atoms with Crippen LogP contribution in [0.25, 0.3) is 0 Å². The molecule has 0 aromatic rings. The second-order valence-corrected chi connectivity index (χ2v) is 6.34. The molecule has 0 radical (unpaired) electrons. The Hall–Kier alpha value is -0.220. The van der Waals surface area contributed by atoms with Crippen molar-refractivity contribution in [1.29, 1.82) is 0 Å². The maximum atomic E-state index is 11.9. The van der Waals surface area contributed by atoms with Crippen LogP contribution < -0.4 is 5.32 Å². The number of fused-ring (bicyclic) bond motifs is 1. The molecule has 2 fully saturated rings. The minimum absolute atomic E-state index is 0.269. The predicted molar refractivity (Wildman–Crippen MR) is 71.0 cm³/mol. The highest BCUT2D eigenvalue weighted by Gasteiger charge is 2.54. The number of hydrogen-bond donors (Lipinski definition) is 2. The largest absolute Gasteiger partial charge is 0.396 e. The van der Waals surface area contributed by atoms with Crippen LogP contribution in [-0.2, 0) is 4.79 Å². The quantitative estimate of drug-likeness (QED) is 0.682. The summed E-state index contributed by atoms with van der Waals surface area (Å²) >= 11 is 1.80. The zero-order valence-electron chi connectivity index (χ0n) is 10.4. The monoisotopic (exact) mass is 257 g/mol. The van der Waals surface area contributed by atoms with Gasteiger partial charge in [0.2, 0.25) is 5.91 Å². The van der Waals surface area contributed by atoms with Crippen LogP contribution in [0, 0.1) is 17.8 Å². The summed E-state index contributed by atoms with van der Waals surface area (Å²) in [7, 11) is 0. The van der Waals surface area contributed by atoms with E-state index in [1.54, 1.807) is 11.8 Å². The van der Waals surface area contributed by atoms with Gasteiger partial charge in [-0.2, -0.15) is 11.8 Å². The maximum Gasteiger partial charge on any atom is 0.223 e. The van der Waals surface area contributed by atoms with Gasteiger partial charge in [0.25, 0.3) is 0 Å². The van der Waals surface area contributed by atoms with Crippen molar-refractivity contribution in [3.8, 4) is 0 Å². The van der Waals surface area contributed by atoms with Gasteiger partial charge >= 0.3 is 0 Å². The molecular weight excluding hydrogens is 234 g/mol. The van der Waals surface area contributed by atoms with Gasteiger partial charge in [-0.25, -0.2) is 0 Å². The Morgan fingerprint density at radius 3 is 2.59 bits per heavy atom. The van der Waals surface area contributed by atoms with Gasteiger partial charge in [-0.05, 0) is 36.9 Å². The summed E-state index contributed by atoms with van der Waals surface area (Å²) in [5.41, 5.74) is 0. The standard InChI is InChI=1S/C13H23NO2S/c15-7-3-8-17-9-6-14-13(16)12-10-4-1-2-5-11(10)12/h10-12,15H,1-9H2,(H,14,16). The van der Waals surface area contributed by atoms with Gasteiger partial charge in [0, 0.05) is 24.8 Å². The summed E-state index contributed by atoms with van der Waals surface area (Å²) in [5, 5.41) is 11.7. The Bertz CT molecular complexity index is 248. The van der Waals surface area contributed by atoms with E-state index in [1.165, 1.54) is 25.7 Å². The molecule has 0 heterocycles. The lowest BCUT2D eigenvalue weighted by molar-refractivity contribution is -0.122. The highest BCUT2D eigenvalue weighted by Crippen LogP contribution is 2.55. The molecule has 98 valence electrons. The van der Waals surface area contributed by atoms with E-state index in [4.69, 9.17) is 5.11 Å². The lowest BCUT2D eigenvalue weighted by Gasteiger charge is -2.04. The minimum Gasteiger partial charge on any atom is -0.396 e. The molecule has 4 heteroatoms. The predicted octanol–water partition coefficient (Wildman–Crippen LogP) is 1.65. The van der Waals surface area contributed by atoms with Crippen molar-refractivity contribution in [1.82, 2.24) is 5.32 Å². The first-order chi connectivity index (χ1) is 8.34. The normalized spacial score (nSPS) is 30.8. The molecule has 0 saturated heterocycles. The van der Waals surface area contributed by atoms with Crippen LogP contribution in [-0.4, -0.2) is 35.7 Å². The second-order valence-electron chi connectivity index (χ2n) is 5.12. The number of aliphatic hydroxyl groups is 1. The number of thioether (sulfide) groups is 1. The zero-order chi connectivity index (χ0) is 12.1. The molecule has 0 aromatic heterocycles. The van der Waals surface area contributed by atoms with Crippen molar-refractivity contribution in [3.05, 3.63) is 0 Å². The van der Waals surface area contributed by atoms with Crippen molar-refractivity contribution in [3.63, 3.8) is 0 Å². The fourth-order valence-electron chi connectivity index (χ4n) is 3.01. The summed E-state index contributed by atoms with van der Waals surface area (Å²) in [4.78, 5) is 11.9. The van der Waals surface area contributed by atoms with Gasteiger partial charge in [-0.1, -0.05) is 12.8 Å². The highest BCUT2D eigenvalue weighted by molar-refractivity contribution is 7.99. The fourth-order valence-corrected chi connectivity index (χ4v) is 3.80. The zero-order valence-corrected chi connectivity index (χ0v) is 11.2. The van der Waals surface area contributed by atoms with Crippen LogP contribution in [0.1, 0.15) is 32.1 Å². The minimum atomic E-state index is 0.269. The number of carbonyl (C=O) groups excluding carboxylic acids is 1. The first-order valence-corrected chi connectivity index (χ1v) is 7.96. The van der Waals surface area contributed by atoms with Crippen LogP contribution in [0.4, 0.5) is 0 Å². The summed E-state index contributed by atoms with van der Waals surface area (Å²) in [6, 6.07) is 0. The number of amides is 1. The van der Waals surface area contributed by atoms with Gasteiger partial charge in [0.15, 0.2) is 0 Å². The third kappa shape index (κ3) is 3.62. The van der Waals surface area contributed by atoms with Gasteiger partial charge in [0.1, 0.15) is 0 Å². The van der Waals surface area contributed by atoms with E-state index in [2.05, 4.69) is 5.32 Å². The fraction of sp³-hybridized carbons (Fsp3) is 0.923. The van der Waals surface area contributed by atoms with Gasteiger partial charge in [0.05, 0.1) is 0 Å². The van der Waals surface area contributed by atoms with Crippen molar-refractivity contribution in [2.75, 3.05) is 24.7 Å². The lowest BCUT2D eigenvalue weighted by atomic mass is 10.0. The molecule has 2 unspecified atom stereocenters. The maximum absolute atomic E-state index is 11.9. The summed E-state index contributed by atoms with van der Waals surface area (Å²) < 4.78 is 0. The van der Waals surface area contributed by atoms with Gasteiger partial charge in [-0.15, -0.1) is 0 Å². The Morgan fingerprint density at radius 2 is 1.94 bits per heavy atom. The number of aliphatic hydroxyl groups excluding tert-OH is 1. The Morgan fingerprint density at radius 1 is 1.24 bits per heavy atom. The first-order valence-electron chi connectivity index (χ1n) is 6.81. The Kier molecular flexibility index (Phi) is 5.16. The molecule has 2 aliphatic rings. The van der Waals surface area contributed by atoms with Crippen LogP contribution in [0.3, 0.4) is 0 Å². The third-order valence-corrected chi connectivity index (χ3v) is 5.02. The molecular formula is C13H23NO2S. The molecule has 2 aliphatic carbocycles. The molecule has 2 saturated carbocycles. The molecule has 17 heavy (non-hydrogen) atoms. The molecule has 2 rings (SSSR count). The number of hydrogen-bond acceptors (Lipinski definition) is 3. The topological polar surface area (TPSA) is 49.3 Å². The van der Waals surface area contributed by atoms with E-state index >= 15 is 0 Å². The summed E-state index contributed by atoms with van der Waals surface area (Å²) in [6.07, 6.45) is 6.04. The smallest absolute Gasteiger partial charge is 0.223 e. The molecule has 0 aliphatic heterocycles. The number of rotatable bonds is 7. The molecule has 0 spiro atoms. The molecule has 1 amide bonds. The summed E-state index contributed by atoms with van der Waals surface area (Å²) in [5.74, 6) is 4.02. The van der Waals surface area contributed by atoms with E-state index < -0.39 is 0 Å².